The molecule has 0 atom stereocenters. The standard InChI is InChI=1S/C23H27N3O2/c1-22(2)21(28)26(19-11-7-4-8-12-19)23(24-22)13-15-25(16-14-23)20(27)17-18-9-5-3-6-10-18/h3-12,24H,13-17H2,1-2H3. The van der Waals surface area contributed by atoms with Crippen molar-refractivity contribution >= 4 is 17.5 Å². The predicted molar refractivity (Wildman–Crippen MR) is 110 cm³/mol. The molecule has 2 aliphatic heterocycles. The first-order valence-electron chi connectivity index (χ1n) is 9.92. The Bertz CT molecular complexity index is 856. The second kappa shape index (κ2) is 7.06. The van der Waals surface area contributed by atoms with E-state index in [9.17, 15) is 9.59 Å². The number of carbonyl (C=O) groups is 2. The van der Waals surface area contributed by atoms with Crippen molar-refractivity contribution < 1.29 is 9.59 Å². The zero-order chi connectivity index (χ0) is 19.8. The number of nitrogens with zero attached hydrogens (tertiary/aromatic N) is 2. The monoisotopic (exact) mass is 377 g/mol. The minimum absolute atomic E-state index is 0.0859. The van der Waals surface area contributed by atoms with Gasteiger partial charge in [0.15, 0.2) is 0 Å². The van der Waals surface area contributed by atoms with Crippen LogP contribution in [0.4, 0.5) is 5.69 Å². The van der Waals surface area contributed by atoms with Crippen LogP contribution in [0, 0.1) is 0 Å². The van der Waals surface area contributed by atoms with Crippen molar-refractivity contribution in [2.75, 3.05) is 18.0 Å². The van der Waals surface area contributed by atoms with Crippen LogP contribution in [0.1, 0.15) is 32.3 Å². The van der Waals surface area contributed by atoms with Gasteiger partial charge in [-0.15, -0.1) is 0 Å². The Hall–Kier alpha value is -2.66. The third kappa shape index (κ3) is 3.31. The summed E-state index contributed by atoms with van der Waals surface area (Å²) in [4.78, 5) is 29.7. The van der Waals surface area contributed by atoms with Crippen LogP contribution in [0.2, 0.25) is 0 Å². The Kier molecular flexibility index (Phi) is 4.71. The molecule has 1 N–H and O–H groups in total. The zero-order valence-electron chi connectivity index (χ0n) is 16.5. The third-order valence-electron chi connectivity index (χ3n) is 5.87. The predicted octanol–water partition coefficient (Wildman–Crippen LogP) is 2.96. The summed E-state index contributed by atoms with van der Waals surface area (Å²) < 4.78 is 0. The first-order valence-corrected chi connectivity index (χ1v) is 9.92. The van der Waals surface area contributed by atoms with Gasteiger partial charge in [-0.25, -0.2) is 0 Å². The number of hydrogen-bond donors (Lipinski definition) is 1. The number of para-hydroxylation sites is 1. The lowest BCUT2D eigenvalue weighted by atomic mass is 9.94. The number of amides is 2. The molecule has 2 heterocycles. The van der Waals surface area contributed by atoms with Gasteiger partial charge in [0.2, 0.25) is 11.8 Å². The van der Waals surface area contributed by atoms with Crippen molar-refractivity contribution in [1.82, 2.24) is 10.2 Å². The molecule has 2 amide bonds. The van der Waals surface area contributed by atoms with Gasteiger partial charge in [0.05, 0.1) is 12.0 Å². The van der Waals surface area contributed by atoms with Crippen LogP contribution in [0.25, 0.3) is 0 Å². The molecular formula is C23H27N3O2. The maximum Gasteiger partial charge on any atom is 0.248 e. The molecule has 2 aromatic carbocycles. The largest absolute Gasteiger partial charge is 0.342 e. The highest BCUT2D eigenvalue weighted by Gasteiger charge is 2.56. The van der Waals surface area contributed by atoms with Crippen molar-refractivity contribution in [3.05, 3.63) is 66.2 Å². The first kappa shape index (κ1) is 18.7. The lowest BCUT2D eigenvalue weighted by Crippen LogP contribution is -2.60. The fourth-order valence-corrected chi connectivity index (χ4v) is 4.46. The van der Waals surface area contributed by atoms with E-state index in [1.165, 1.54) is 0 Å². The molecule has 0 aromatic heterocycles. The Morgan fingerprint density at radius 2 is 1.54 bits per heavy atom. The highest BCUT2D eigenvalue weighted by Crippen LogP contribution is 2.39. The number of carbonyl (C=O) groups excluding carboxylic acids is 2. The quantitative estimate of drug-likeness (QED) is 0.895. The van der Waals surface area contributed by atoms with Gasteiger partial charge in [0.25, 0.3) is 0 Å². The molecule has 146 valence electrons. The molecule has 0 bridgehead atoms. The molecular weight excluding hydrogens is 350 g/mol. The highest BCUT2D eigenvalue weighted by atomic mass is 16.2. The first-order chi connectivity index (χ1) is 13.4. The van der Waals surface area contributed by atoms with E-state index in [0.717, 1.165) is 24.1 Å². The fourth-order valence-electron chi connectivity index (χ4n) is 4.46. The Morgan fingerprint density at radius 3 is 2.14 bits per heavy atom. The number of anilines is 1. The topological polar surface area (TPSA) is 52.7 Å². The lowest BCUT2D eigenvalue weighted by molar-refractivity contribution is -0.132. The summed E-state index contributed by atoms with van der Waals surface area (Å²) in [6.45, 7) is 5.16. The van der Waals surface area contributed by atoms with E-state index in [2.05, 4.69) is 5.32 Å². The molecule has 2 aliphatic rings. The van der Waals surface area contributed by atoms with Crippen LogP contribution in [-0.2, 0) is 16.0 Å². The summed E-state index contributed by atoms with van der Waals surface area (Å²) in [5.74, 6) is 0.235. The van der Waals surface area contributed by atoms with Crippen molar-refractivity contribution in [3.63, 3.8) is 0 Å². The summed E-state index contributed by atoms with van der Waals surface area (Å²) in [6.07, 6.45) is 1.86. The van der Waals surface area contributed by atoms with E-state index in [1.54, 1.807) is 0 Å². The van der Waals surface area contributed by atoms with Gasteiger partial charge in [-0.1, -0.05) is 48.5 Å². The van der Waals surface area contributed by atoms with Crippen molar-refractivity contribution in [3.8, 4) is 0 Å². The average Bonchev–Trinajstić information content (AvgIpc) is 2.89. The van der Waals surface area contributed by atoms with E-state index < -0.39 is 11.2 Å². The second-order valence-corrected chi connectivity index (χ2v) is 8.30. The fraction of sp³-hybridized carbons (Fsp3) is 0.391. The molecule has 0 unspecified atom stereocenters. The number of benzene rings is 2. The molecule has 1 spiro atoms. The highest BCUT2D eigenvalue weighted by molar-refractivity contribution is 6.03. The van der Waals surface area contributed by atoms with Gasteiger partial charge < -0.3 is 4.90 Å². The third-order valence-corrected chi connectivity index (χ3v) is 5.87. The lowest BCUT2D eigenvalue weighted by Gasteiger charge is -2.44. The molecule has 28 heavy (non-hydrogen) atoms. The van der Waals surface area contributed by atoms with E-state index in [4.69, 9.17) is 0 Å². The van der Waals surface area contributed by atoms with Gasteiger partial charge in [0, 0.05) is 31.6 Å². The van der Waals surface area contributed by atoms with E-state index in [1.807, 2.05) is 84.3 Å². The van der Waals surface area contributed by atoms with Crippen LogP contribution in [0.3, 0.4) is 0 Å². The maximum atomic E-state index is 13.1. The number of rotatable bonds is 3. The molecule has 0 aliphatic carbocycles. The maximum absolute atomic E-state index is 13.1. The van der Waals surface area contributed by atoms with E-state index in [-0.39, 0.29) is 11.8 Å². The second-order valence-electron chi connectivity index (χ2n) is 8.30. The summed E-state index contributed by atoms with van der Waals surface area (Å²) in [5, 5.41) is 3.59. The molecule has 4 rings (SSSR count). The molecule has 5 nitrogen and oxygen atoms in total. The SMILES string of the molecule is CC1(C)NC2(CCN(C(=O)Cc3ccccc3)CC2)N(c2ccccc2)C1=O. The smallest absolute Gasteiger partial charge is 0.248 e. The normalized spacial score (nSPS) is 20.6. The van der Waals surface area contributed by atoms with Gasteiger partial charge in [-0.3, -0.25) is 19.8 Å². The van der Waals surface area contributed by atoms with Crippen molar-refractivity contribution in [2.24, 2.45) is 0 Å². The zero-order valence-corrected chi connectivity index (χ0v) is 16.5. The van der Waals surface area contributed by atoms with Crippen molar-refractivity contribution in [1.29, 1.82) is 0 Å². The van der Waals surface area contributed by atoms with Gasteiger partial charge >= 0.3 is 0 Å². The summed E-state index contributed by atoms with van der Waals surface area (Å²) >= 11 is 0. The molecule has 2 aromatic rings. The summed E-state index contributed by atoms with van der Waals surface area (Å²) in [5.41, 5.74) is 0.890. The van der Waals surface area contributed by atoms with Crippen LogP contribution in [-0.4, -0.2) is 41.0 Å². The van der Waals surface area contributed by atoms with E-state index in [0.29, 0.717) is 19.5 Å². The van der Waals surface area contributed by atoms with E-state index >= 15 is 0 Å². The van der Waals surface area contributed by atoms with Crippen LogP contribution < -0.4 is 10.2 Å². The molecule has 5 heteroatoms. The summed E-state index contributed by atoms with van der Waals surface area (Å²) in [7, 11) is 0. The average molecular weight is 377 g/mol. The van der Waals surface area contributed by atoms with Gasteiger partial charge in [-0.2, -0.15) is 0 Å². The number of nitrogens with one attached hydrogen (secondary N) is 1. The Labute approximate surface area is 166 Å². The molecule has 0 radical (unpaired) electrons. The minimum Gasteiger partial charge on any atom is -0.342 e. The van der Waals surface area contributed by atoms with Crippen LogP contribution in [0.15, 0.2) is 60.7 Å². The number of hydrogen-bond acceptors (Lipinski definition) is 3. The van der Waals surface area contributed by atoms with Gasteiger partial charge in [-0.05, 0) is 31.5 Å². The van der Waals surface area contributed by atoms with Gasteiger partial charge in [0.1, 0.15) is 5.66 Å². The Morgan fingerprint density at radius 1 is 0.964 bits per heavy atom. The summed E-state index contributed by atoms with van der Waals surface area (Å²) in [6, 6.07) is 19.7. The number of piperidine rings is 1. The van der Waals surface area contributed by atoms with Crippen LogP contribution >= 0.6 is 0 Å². The Balaban J connectivity index is 1.51. The molecule has 2 fully saturated rings. The number of likely N-dealkylation sites (tertiary alicyclic amines) is 1. The molecule has 0 saturated carbocycles. The molecule has 2 saturated heterocycles. The van der Waals surface area contributed by atoms with Crippen molar-refractivity contribution in [2.45, 2.75) is 44.3 Å². The van der Waals surface area contributed by atoms with Crippen LogP contribution in [0.5, 0.6) is 0 Å². The minimum atomic E-state index is -0.619.